The SMILES string of the molecule is CN(C)[C@@H](CNC(=O)c1cc(=O)c2cc(Cl)ccc2o1)c1cccs1. The molecule has 0 bridgehead atoms. The van der Waals surface area contributed by atoms with Crippen molar-refractivity contribution in [2.45, 2.75) is 6.04 Å². The van der Waals surface area contributed by atoms with Crippen molar-refractivity contribution in [1.29, 1.82) is 0 Å². The third-order valence-electron chi connectivity index (χ3n) is 3.86. The Morgan fingerprint density at radius 3 is 2.80 bits per heavy atom. The maximum Gasteiger partial charge on any atom is 0.287 e. The second-order valence-corrected chi connectivity index (χ2v) is 7.24. The van der Waals surface area contributed by atoms with Gasteiger partial charge in [-0.25, -0.2) is 0 Å². The largest absolute Gasteiger partial charge is 0.451 e. The van der Waals surface area contributed by atoms with Crippen LogP contribution in [0, 0.1) is 0 Å². The second-order valence-electron chi connectivity index (χ2n) is 5.82. The van der Waals surface area contributed by atoms with Gasteiger partial charge in [-0.05, 0) is 43.7 Å². The van der Waals surface area contributed by atoms with Gasteiger partial charge in [0.25, 0.3) is 5.91 Å². The topological polar surface area (TPSA) is 62.6 Å². The standard InChI is InChI=1S/C18H17ClN2O3S/c1-21(2)13(17-4-3-7-25-17)10-20-18(23)16-9-14(22)12-8-11(19)5-6-15(12)24-16/h3-9,13H,10H2,1-2H3,(H,20,23)/t13-/m0/s1. The Balaban J connectivity index is 1.80. The van der Waals surface area contributed by atoms with Crippen LogP contribution in [0.3, 0.4) is 0 Å². The average Bonchev–Trinajstić information content (AvgIpc) is 3.09. The number of nitrogens with zero attached hydrogens (tertiary/aromatic N) is 1. The number of hydrogen-bond acceptors (Lipinski definition) is 5. The minimum atomic E-state index is -0.419. The van der Waals surface area contributed by atoms with Crippen LogP contribution >= 0.6 is 22.9 Å². The zero-order valence-corrected chi connectivity index (χ0v) is 15.4. The van der Waals surface area contributed by atoms with E-state index in [1.54, 1.807) is 23.5 Å². The van der Waals surface area contributed by atoms with Crippen LogP contribution in [0.15, 0.2) is 51.0 Å². The molecule has 0 spiro atoms. The van der Waals surface area contributed by atoms with Crippen molar-refractivity contribution < 1.29 is 9.21 Å². The molecule has 25 heavy (non-hydrogen) atoms. The summed E-state index contributed by atoms with van der Waals surface area (Å²) in [5.41, 5.74) is 0.0424. The molecule has 1 amide bonds. The van der Waals surface area contributed by atoms with Gasteiger partial charge in [0.05, 0.1) is 11.4 Å². The van der Waals surface area contributed by atoms with E-state index in [1.807, 2.05) is 36.5 Å². The monoisotopic (exact) mass is 376 g/mol. The molecular formula is C18H17ClN2O3S. The van der Waals surface area contributed by atoms with Crippen molar-refractivity contribution in [2.24, 2.45) is 0 Å². The molecule has 5 nitrogen and oxygen atoms in total. The van der Waals surface area contributed by atoms with Crippen molar-refractivity contribution in [2.75, 3.05) is 20.6 Å². The second kappa shape index (κ2) is 7.39. The molecule has 0 fully saturated rings. The van der Waals surface area contributed by atoms with E-state index in [-0.39, 0.29) is 17.2 Å². The van der Waals surface area contributed by atoms with E-state index >= 15 is 0 Å². The number of fused-ring (bicyclic) bond motifs is 1. The number of likely N-dealkylation sites (N-methyl/N-ethyl adjacent to an activating group) is 1. The third-order valence-corrected chi connectivity index (χ3v) is 5.07. The van der Waals surface area contributed by atoms with Crippen LogP contribution < -0.4 is 10.7 Å². The number of amides is 1. The first kappa shape index (κ1) is 17.7. The molecule has 1 aromatic carbocycles. The fourth-order valence-electron chi connectivity index (χ4n) is 2.54. The number of halogens is 1. The molecule has 3 aromatic rings. The summed E-state index contributed by atoms with van der Waals surface area (Å²) >= 11 is 7.53. The van der Waals surface area contributed by atoms with Gasteiger partial charge in [-0.2, -0.15) is 0 Å². The van der Waals surface area contributed by atoms with Crippen LogP contribution in [-0.2, 0) is 0 Å². The number of carbonyl (C=O) groups is 1. The van der Waals surface area contributed by atoms with E-state index in [4.69, 9.17) is 16.0 Å². The number of nitrogens with one attached hydrogen (secondary N) is 1. The van der Waals surface area contributed by atoms with Gasteiger partial charge in [0.15, 0.2) is 11.2 Å². The summed E-state index contributed by atoms with van der Waals surface area (Å²) in [5.74, 6) is -0.430. The Bertz CT molecular complexity index is 951. The van der Waals surface area contributed by atoms with E-state index in [0.29, 0.717) is 22.5 Å². The summed E-state index contributed by atoms with van der Waals surface area (Å²) < 4.78 is 5.56. The highest BCUT2D eigenvalue weighted by molar-refractivity contribution is 7.10. The van der Waals surface area contributed by atoms with Crippen LogP contribution in [0.25, 0.3) is 11.0 Å². The molecule has 2 heterocycles. The summed E-state index contributed by atoms with van der Waals surface area (Å²) in [5, 5.41) is 5.64. The highest BCUT2D eigenvalue weighted by atomic mass is 35.5. The number of thiophene rings is 1. The van der Waals surface area contributed by atoms with E-state index in [2.05, 4.69) is 5.32 Å². The molecular weight excluding hydrogens is 360 g/mol. The molecule has 0 saturated heterocycles. The van der Waals surface area contributed by atoms with Gasteiger partial charge in [-0.15, -0.1) is 11.3 Å². The smallest absolute Gasteiger partial charge is 0.287 e. The summed E-state index contributed by atoms with van der Waals surface area (Å²) in [6.45, 7) is 0.411. The normalized spacial score (nSPS) is 12.5. The first-order valence-electron chi connectivity index (χ1n) is 7.67. The van der Waals surface area contributed by atoms with Gasteiger partial charge in [0, 0.05) is 22.5 Å². The van der Waals surface area contributed by atoms with Gasteiger partial charge in [-0.3, -0.25) is 9.59 Å². The summed E-state index contributed by atoms with van der Waals surface area (Å²) in [4.78, 5) is 27.8. The molecule has 0 aliphatic heterocycles. The van der Waals surface area contributed by atoms with Crippen LogP contribution in [0.4, 0.5) is 0 Å². The van der Waals surface area contributed by atoms with Gasteiger partial charge in [-0.1, -0.05) is 17.7 Å². The summed E-state index contributed by atoms with van der Waals surface area (Å²) in [7, 11) is 3.91. The molecule has 1 N–H and O–H groups in total. The number of hydrogen-bond donors (Lipinski definition) is 1. The molecule has 1 atom stereocenters. The fourth-order valence-corrected chi connectivity index (χ4v) is 3.63. The predicted octanol–water partition coefficient (Wildman–Crippen LogP) is 3.54. The predicted molar refractivity (Wildman–Crippen MR) is 101 cm³/mol. The maximum absolute atomic E-state index is 12.4. The van der Waals surface area contributed by atoms with Crippen molar-refractivity contribution in [1.82, 2.24) is 10.2 Å². The lowest BCUT2D eigenvalue weighted by atomic mass is 10.2. The summed E-state index contributed by atoms with van der Waals surface area (Å²) in [6.07, 6.45) is 0. The zero-order chi connectivity index (χ0) is 18.0. The summed E-state index contributed by atoms with van der Waals surface area (Å²) in [6, 6.07) is 9.99. The van der Waals surface area contributed by atoms with Crippen molar-refractivity contribution in [3.8, 4) is 0 Å². The Morgan fingerprint density at radius 2 is 2.12 bits per heavy atom. The molecule has 0 unspecified atom stereocenters. The van der Waals surface area contributed by atoms with Crippen molar-refractivity contribution >= 4 is 39.8 Å². The molecule has 0 aliphatic carbocycles. The quantitative estimate of drug-likeness (QED) is 0.739. The van der Waals surface area contributed by atoms with E-state index in [9.17, 15) is 9.59 Å². The first-order chi connectivity index (χ1) is 12.0. The fraction of sp³-hybridized carbons (Fsp3) is 0.222. The highest BCUT2D eigenvalue weighted by Crippen LogP contribution is 2.22. The van der Waals surface area contributed by atoms with Crippen LogP contribution in [0.1, 0.15) is 21.5 Å². The lowest BCUT2D eigenvalue weighted by molar-refractivity contribution is 0.0915. The molecule has 0 aliphatic rings. The van der Waals surface area contributed by atoms with Gasteiger partial charge in [0.1, 0.15) is 5.58 Å². The van der Waals surface area contributed by atoms with Gasteiger partial charge < -0.3 is 14.6 Å². The van der Waals surface area contributed by atoms with Crippen LogP contribution in [0.2, 0.25) is 5.02 Å². The number of rotatable bonds is 5. The minimum absolute atomic E-state index is 0.0106. The lowest BCUT2D eigenvalue weighted by Crippen LogP contribution is -2.34. The lowest BCUT2D eigenvalue weighted by Gasteiger charge is -2.23. The Kier molecular flexibility index (Phi) is 5.22. The molecule has 2 aromatic heterocycles. The van der Waals surface area contributed by atoms with Crippen LogP contribution in [-0.4, -0.2) is 31.4 Å². The van der Waals surface area contributed by atoms with Gasteiger partial charge in [0.2, 0.25) is 0 Å². The van der Waals surface area contributed by atoms with Crippen molar-refractivity contribution in [3.63, 3.8) is 0 Å². The van der Waals surface area contributed by atoms with E-state index in [1.165, 1.54) is 12.1 Å². The zero-order valence-electron chi connectivity index (χ0n) is 13.8. The van der Waals surface area contributed by atoms with E-state index in [0.717, 1.165) is 4.88 Å². The minimum Gasteiger partial charge on any atom is -0.451 e. The number of carbonyl (C=O) groups excluding carboxylic acids is 1. The first-order valence-corrected chi connectivity index (χ1v) is 8.93. The highest BCUT2D eigenvalue weighted by Gasteiger charge is 2.18. The van der Waals surface area contributed by atoms with E-state index < -0.39 is 5.91 Å². The molecule has 3 rings (SSSR count). The van der Waals surface area contributed by atoms with Crippen molar-refractivity contribution in [3.05, 3.63) is 67.7 Å². The average molecular weight is 377 g/mol. The molecule has 0 saturated carbocycles. The molecule has 130 valence electrons. The Hall–Kier alpha value is -2.15. The third kappa shape index (κ3) is 3.92. The van der Waals surface area contributed by atoms with Gasteiger partial charge >= 0.3 is 0 Å². The molecule has 7 heteroatoms. The van der Waals surface area contributed by atoms with Crippen LogP contribution in [0.5, 0.6) is 0 Å². The number of benzene rings is 1. The Labute approximate surface area is 153 Å². The maximum atomic E-state index is 12.4. The Morgan fingerprint density at radius 1 is 1.32 bits per heavy atom. The molecule has 0 radical (unpaired) electrons.